The molecule has 0 radical (unpaired) electrons. The Balaban J connectivity index is 3.31. The quantitative estimate of drug-likeness (QED) is 0.796. The third-order valence-electron chi connectivity index (χ3n) is 2.76. The van der Waals surface area contributed by atoms with Crippen LogP contribution < -0.4 is 0 Å². The largest absolute Gasteiger partial charge is 0.385 e. The minimum atomic E-state index is -4.18. The van der Waals surface area contributed by atoms with Gasteiger partial charge in [0.2, 0.25) is 0 Å². The van der Waals surface area contributed by atoms with E-state index in [1.807, 2.05) is 6.92 Å². The van der Waals surface area contributed by atoms with E-state index in [0.717, 1.165) is 0 Å². The van der Waals surface area contributed by atoms with Crippen molar-refractivity contribution in [2.75, 3.05) is 0 Å². The molecule has 90 valence electrons. The molecule has 1 rings (SSSR count). The van der Waals surface area contributed by atoms with E-state index in [9.17, 15) is 13.5 Å². The molecule has 1 unspecified atom stereocenters. The van der Waals surface area contributed by atoms with Crippen molar-refractivity contribution in [2.24, 2.45) is 0 Å². The van der Waals surface area contributed by atoms with Gasteiger partial charge in [-0.25, -0.2) is 0 Å². The molecule has 2 N–H and O–H groups in total. The van der Waals surface area contributed by atoms with Crippen LogP contribution in [0.3, 0.4) is 0 Å². The summed E-state index contributed by atoms with van der Waals surface area (Å²) in [6.07, 6.45) is 0.527. The maximum Gasteiger partial charge on any atom is 0.294 e. The first-order valence-corrected chi connectivity index (χ1v) is 6.43. The van der Waals surface area contributed by atoms with Gasteiger partial charge in [0, 0.05) is 0 Å². The molecular weight excluding hydrogens is 228 g/mol. The number of aryl methyl sites for hydroxylation is 1. The molecule has 0 fully saturated rings. The molecule has 0 spiro atoms. The number of benzene rings is 1. The van der Waals surface area contributed by atoms with E-state index < -0.39 is 15.7 Å². The minimum Gasteiger partial charge on any atom is -0.385 e. The molecule has 5 heteroatoms. The average molecular weight is 244 g/mol. The van der Waals surface area contributed by atoms with E-state index in [2.05, 4.69) is 0 Å². The highest BCUT2D eigenvalue weighted by Crippen LogP contribution is 2.28. The fourth-order valence-electron chi connectivity index (χ4n) is 1.59. The Bertz CT molecular complexity index is 489. The van der Waals surface area contributed by atoms with Crippen molar-refractivity contribution < 1.29 is 18.1 Å². The standard InChI is InChI=1S/C11H16O4S/c1-4-11(3,12)10-6-5-9(7-8(10)2)16(13,14)15/h5-7,12H,4H2,1-3H3,(H,13,14,15). The van der Waals surface area contributed by atoms with Gasteiger partial charge in [0.25, 0.3) is 10.1 Å². The summed E-state index contributed by atoms with van der Waals surface area (Å²) in [5.41, 5.74) is 0.325. The second-order valence-corrected chi connectivity index (χ2v) is 5.50. The van der Waals surface area contributed by atoms with E-state index in [1.165, 1.54) is 18.2 Å². The van der Waals surface area contributed by atoms with E-state index in [1.54, 1.807) is 13.8 Å². The number of rotatable bonds is 3. The molecule has 0 amide bonds. The molecular formula is C11H16O4S. The molecule has 0 saturated carbocycles. The summed E-state index contributed by atoms with van der Waals surface area (Å²) in [5, 5.41) is 10.1. The van der Waals surface area contributed by atoms with Crippen LogP contribution in [0.5, 0.6) is 0 Å². The molecule has 0 aliphatic rings. The van der Waals surface area contributed by atoms with Gasteiger partial charge in [-0.2, -0.15) is 8.42 Å². The Hall–Kier alpha value is -0.910. The van der Waals surface area contributed by atoms with Crippen molar-refractivity contribution >= 4 is 10.1 Å². The number of aliphatic hydroxyl groups is 1. The van der Waals surface area contributed by atoms with Crippen LogP contribution in [-0.2, 0) is 15.7 Å². The van der Waals surface area contributed by atoms with Crippen LogP contribution in [0.1, 0.15) is 31.4 Å². The van der Waals surface area contributed by atoms with Crippen LogP contribution >= 0.6 is 0 Å². The van der Waals surface area contributed by atoms with Gasteiger partial charge in [-0.3, -0.25) is 4.55 Å². The highest BCUT2D eigenvalue weighted by atomic mass is 32.2. The molecule has 1 aromatic rings. The maximum atomic E-state index is 10.9. The van der Waals surface area contributed by atoms with Crippen LogP contribution in [0.15, 0.2) is 23.1 Å². The van der Waals surface area contributed by atoms with Gasteiger partial charge in [0.15, 0.2) is 0 Å². The zero-order chi connectivity index (χ0) is 12.6. The summed E-state index contributed by atoms with van der Waals surface area (Å²) in [6.45, 7) is 5.22. The van der Waals surface area contributed by atoms with Crippen molar-refractivity contribution in [3.05, 3.63) is 29.3 Å². The van der Waals surface area contributed by atoms with Crippen LogP contribution in [-0.4, -0.2) is 18.1 Å². The molecule has 16 heavy (non-hydrogen) atoms. The lowest BCUT2D eigenvalue weighted by molar-refractivity contribution is 0.0524. The van der Waals surface area contributed by atoms with Gasteiger partial charge in [0.1, 0.15) is 0 Å². The SMILES string of the molecule is CCC(C)(O)c1ccc(S(=O)(=O)O)cc1C. The molecule has 0 heterocycles. The van der Waals surface area contributed by atoms with Crippen molar-refractivity contribution in [2.45, 2.75) is 37.7 Å². The van der Waals surface area contributed by atoms with Gasteiger partial charge < -0.3 is 5.11 Å². The topological polar surface area (TPSA) is 74.6 Å². The zero-order valence-electron chi connectivity index (χ0n) is 9.56. The summed E-state index contributed by atoms with van der Waals surface area (Å²) >= 11 is 0. The predicted molar refractivity (Wildman–Crippen MR) is 60.9 cm³/mol. The minimum absolute atomic E-state index is 0.152. The highest BCUT2D eigenvalue weighted by molar-refractivity contribution is 7.85. The summed E-state index contributed by atoms with van der Waals surface area (Å²) in [5.74, 6) is 0. The van der Waals surface area contributed by atoms with Gasteiger partial charge in [-0.1, -0.05) is 13.0 Å². The van der Waals surface area contributed by atoms with Crippen LogP contribution in [0, 0.1) is 6.92 Å². The fourth-order valence-corrected chi connectivity index (χ4v) is 2.16. The summed E-state index contributed by atoms with van der Waals surface area (Å²) in [4.78, 5) is -0.152. The second-order valence-electron chi connectivity index (χ2n) is 4.08. The number of hydrogen-bond donors (Lipinski definition) is 2. The smallest absolute Gasteiger partial charge is 0.294 e. The first-order valence-electron chi connectivity index (χ1n) is 4.99. The van der Waals surface area contributed by atoms with Gasteiger partial charge >= 0.3 is 0 Å². The molecule has 0 aliphatic heterocycles. The van der Waals surface area contributed by atoms with Crippen LogP contribution in [0.2, 0.25) is 0 Å². The van der Waals surface area contributed by atoms with E-state index >= 15 is 0 Å². The van der Waals surface area contributed by atoms with Gasteiger partial charge in [0.05, 0.1) is 10.5 Å². The Morgan fingerprint density at radius 2 is 1.94 bits per heavy atom. The van der Waals surface area contributed by atoms with Crippen molar-refractivity contribution in [3.63, 3.8) is 0 Å². The predicted octanol–water partition coefficient (Wildman–Crippen LogP) is 1.86. The molecule has 0 bridgehead atoms. The molecule has 1 aromatic carbocycles. The summed E-state index contributed by atoms with van der Waals surface area (Å²) in [6, 6.07) is 4.18. The average Bonchev–Trinajstić information content (AvgIpc) is 2.16. The first-order chi connectivity index (χ1) is 7.18. The molecule has 0 aromatic heterocycles. The first kappa shape index (κ1) is 13.2. The third-order valence-corrected chi connectivity index (χ3v) is 3.61. The number of hydrogen-bond acceptors (Lipinski definition) is 3. The Labute approximate surface area is 95.7 Å². The van der Waals surface area contributed by atoms with Crippen LogP contribution in [0.25, 0.3) is 0 Å². The van der Waals surface area contributed by atoms with E-state index in [0.29, 0.717) is 17.5 Å². The van der Waals surface area contributed by atoms with Crippen LogP contribution in [0.4, 0.5) is 0 Å². The Morgan fingerprint density at radius 3 is 2.31 bits per heavy atom. The van der Waals surface area contributed by atoms with Gasteiger partial charge in [-0.05, 0) is 43.5 Å². The van der Waals surface area contributed by atoms with Crippen molar-refractivity contribution in [1.82, 2.24) is 0 Å². The van der Waals surface area contributed by atoms with Crippen molar-refractivity contribution in [1.29, 1.82) is 0 Å². The van der Waals surface area contributed by atoms with E-state index in [-0.39, 0.29) is 4.90 Å². The third kappa shape index (κ3) is 2.61. The molecule has 0 aliphatic carbocycles. The Morgan fingerprint density at radius 1 is 1.38 bits per heavy atom. The Kier molecular flexibility index (Phi) is 3.42. The lowest BCUT2D eigenvalue weighted by Crippen LogP contribution is -2.21. The lowest BCUT2D eigenvalue weighted by Gasteiger charge is -2.24. The second kappa shape index (κ2) is 4.16. The monoisotopic (exact) mass is 244 g/mol. The van der Waals surface area contributed by atoms with E-state index in [4.69, 9.17) is 4.55 Å². The summed E-state index contributed by atoms with van der Waals surface area (Å²) < 4.78 is 30.7. The van der Waals surface area contributed by atoms with Gasteiger partial charge in [-0.15, -0.1) is 0 Å². The normalized spacial score (nSPS) is 15.8. The molecule has 1 atom stereocenters. The van der Waals surface area contributed by atoms with Crippen molar-refractivity contribution in [3.8, 4) is 0 Å². The molecule has 0 saturated heterocycles. The molecule has 4 nitrogen and oxygen atoms in total. The maximum absolute atomic E-state index is 10.9. The zero-order valence-corrected chi connectivity index (χ0v) is 10.4. The highest BCUT2D eigenvalue weighted by Gasteiger charge is 2.23. The lowest BCUT2D eigenvalue weighted by atomic mass is 9.90. The summed E-state index contributed by atoms with van der Waals surface area (Å²) in [7, 11) is -4.18. The fraction of sp³-hybridized carbons (Fsp3) is 0.455.